The maximum absolute atomic E-state index is 13.1. The van der Waals surface area contributed by atoms with Gasteiger partial charge in [0.25, 0.3) is 5.91 Å². The van der Waals surface area contributed by atoms with Crippen molar-refractivity contribution >= 4 is 22.5 Å². The van der Waals surface area contributed by atoms with Gasteiger partial charge in [-0.05, 0) is 36.4 Å². The first-order valence-corrected chi connectivity index (χ1v) is 8.66. The van der Waals surface area contributed by atoms with Gasteiger partial charge in [-0.2, -0.15) is 0 Å². The lowest BCUT2D eigenvalue weighted by molar-refractivity contribution is 0.102. The van der Waals surface area contributed by atoms with Crippen LogP contribution in [0.3, 0.4) is 0 Å². The van der Waals surface area contributed by atoms with Crippen molar-refractivity contribution in [2.75, 3.05) is 19.5 Å². The molecule has 0 aliphatic carbocycles. The molecule has 0 saturated heterocycles. The second-order valence-electron chi connectivity index (χ2n) is 6.07. The molecule has 28 heavy (non-hydrogen) atoms. The molecule has 4 aromatic rings. The molecule has 0 spiro atoms. The minimum Gasteiger partial charge on any atom is -0.493 e. The quantitative estimate of drug-likeness (QED) is 0.545. The predicted molar refractivity (Wildman–Crippen MR) is 107 cm³/mol. The molecule has 0 bridgehead atoms. The number of carbonyl (C=O) groups is 1. The average molecular weight is 374 g/mol. The third kappa shape index (κ3) is 3.27. The molecule has 2 aromatic carbocycles. The summed E-state index contributed by atoms with van der Waals surface area (Å²) in [5, 5.41) is 3.68. The molecule has 2 heterocycles. The summed E-state index contributed by atoms with van der Waals surface area (Å²) in [6, 6.07) is 18.1. The van der Waals surface area contributed by atoms with E-state index in [-0.39, 0.29) is 5.91 Å². The second-order valence-corrected chi connectivity index (χ2v) is 6.07. The maximum atomic E-state index is 13.1. The van der Waals surface area contributed by atoms with Gasteiger partial charge in [0, 0.05) is 17.1 Å². The van der Waals surface area contributed by atoms with Crippen LogP contribution in [-0.4, -0.2) is 25.1 Å². The van der Waals surface area contributed by atoms with Gasteiger partial charge in [0.2, 0.25) is 0 Å². The summed E-state index contributed by atoms with van der Waals surface area (Å²) in [6.45, 7) is 0. The lowest BCUT2D eigenvalue weighted by Gasteiger charge is -2.12. The van der Waals surface area contributed by atoms with Crippen molar-refractivity contribution in [3.63, 3.8) is 0 Å². The van der Waals surface area contributed by atoms with Gasteiger partial charge < -0.3 is 19.2 Å². The highest BCUT2D eigenvalue weighted by molar-refractivity contribution is 6.13. The van der Waals surface area contributed by atoms with E-state index < -0.39 is 0 Å². The fraction of sp³-hybridized carbons (Fsp3) is 0.0909. The van der Waals surface area contributed by atoms with Crippen LogP contribution in [0.5, 0.6) is 11.5 Å². The molecule has 0 atom stereocenters. The number of hydrogen-bond donors (Lipinski definition) is 1. The first-order chi connectivity index (χ1) is 13.7. The summed E-state index contributed by atoms with van der Waals surface area (Å²) in [7, 11) is 3.12. The van der Waals surface area contributed by atoms with Gasteiger partial charge in [-0.15, -0.1) is 0 Å². The lowest BCUT2D eigenvalue weighted by atomic mass is 10.1. The van der Waals surface area contributed by atoms with Gasteiger partial charge >= 0.3 is 0 Å². The van der Waals surface area contributed by atoms with Gasteiger partial charge in [0.15, 0.2) is 17.3 Å². The van der Waals surface area contributed by atoms with Crippen molar-refractivity contribution in [2.24, 2.45) is 0 Å². The zero-order valence-electron chi connectivity index (χ0n) is 15.4. The Morgan fingerprint density at radius 2 is 1.79 bits per heavy atom. The average Bonchev–Trinajstić information content (AvgIpc) is 3.27. The minimum absolute atomic E-state index is 0.251. The Kier molecular flexibility index (Phi) is 4.68. The normalized spacial score (nSPS) is 10.6. The number of nitrogens with one attached hydrogen (secondary N) is 1. The predicted octanol–water partition coefficient (Wildman–Crippen LogP) is 4.76. The van der Waals surface area contributed by atoms with Crippen LogP contribution < -0.4 is 14.8 Å². The first-order valence-electron chi connectivity index (χ1n) is 8.66. The van der Waals surface area contributed by atoms with Gasteiger partial charge in [0.05, 0.1) is 31.6 Å². The SMILES string of the molecule is COc1ccc(NC(=O)c2cc(-c3ccco3)nc3ccccc23)cc1OC. The number of fused-ring (bicyclic) bond motifs is 1. The molecule has 2 aromatic heterocycles. The zero-order valence-corrected chi connectivity index (χ0v) is 15.4. The van der Waals surface area contributed by atoms with Crippen LogP contribution in [0.1, 0.15) is 10.4 Å². The Labute approximate surface area is 161 Å². The van der Waals surface area contributed by atoms with E-state index in [0.29, 0.717) is 39.7 Å². The van der Waals surface area contributed by atoms with Crippen molar-refractivity contribution in [1.29, 1.82) is 0 Å². The fourth-order valence-corrected chi connectivity index (χ4v) is 3.03. The standard InChI is InChI=1S/C22H18N2O4/c1-26-20-10-9-14(12-21(20)27-2)23-22(25)16-13-18(19-8-5-11-28-19)24-17-7-4-3-6-15(16)17/h3-13H,1-2H3,(H,23,25). The highest BCUT2D eigenvalue weighted by Gasteiger charge is 2.16. The largest absolute Gasteiger partial charge is 0.493 e. The molecule has 140 valence electrons. The molecule has 0 unspecified atom stereocenters. The number of furan rings is 1. The third-order valence-corrected chi connectivity index (χ3v) is 4.38. The first kappa shape index (κ1) is 17.6. The summed E-state index contributed by atoms with van der Waals surface area (Å²) in [6.07, 6.45) is 1.58. The number of nitrogens with zero attached hydrogens (tertiary/aromatic N) is 1. The maximum Gasteiger partial charge on any atom is 0.256 e. The Hall–Kier alpha value is -3.80. The number of amides is 1. The molecule has 0 fully saturated rings. The van der Waals surface area contributed by atoms with E-state index in [1.165, 1.54) is 0 Å². The van der Waals surface area contributed by atoms with Gasteiger partial charge in [-0.1, -0.05) is 18.2 Å². The van der Waals surface area contributed by atoms with Crippen molar-refractivity contribution in [3.05, 3.63) is 72.5 Å². The van der Waals surface area contributed by atoms with Crippen molar-refractivity contribution in [1.82, 2.24) is 4.98 Å². The monoisotopic (exact) mass is 374 g/mol. The molecule has 4 rings (SSSR count). The Morgan fingerprint density at radius 1 is 0.964 bits per heavy atom. The molecule has 0 radical (unpaired) electrons. The van der Waals surface area contributed by atoms with Crippen LogP contribution in [-0.2, 0) is 0 Å². The van der Waals surface area contributed by atoms with Crippen molar-refractivity contribution in [3.8, 4) is 23.0 Å². The van der Waals surface area contributed by atoms with E-state index in [1.807, 2.05) is 30.3 Å². The van der Waals surface area contributed by atoms with E-state index in [0.717, 1.165) is 5.39 Å². The molecule has 1 N–H and O–H groups in total. The molecular weight excluding hydrogens is 356 g/mol. The summed E-state index contributed by atoms with van der Waals surface area (Å²) < 4.78 is 16.0. The van der Waals surface area contributed by atoms with Crippen LogP contribution in [0.4, 0.5) is 5.69 Å². The van der Waals surface area contributed by atoms with Gasteiger partial charge in [-0.25, -0.2) is 4.98 Å². The second kappa shape index (κ2) is 7.44. The van der Waals surface area contributed by atoms with Crippen LogP contribution in [0.2, 0.25) is 0 Å². The van der Waals surface area contributed by atoms with E-state index in [9.17, 15) is 4.79 Å². The lowest BCUT2D eigenvalue weighted by Crippen LogP contribution is -2.13. The molecular formula is C22H18N2O4. The summed E-state index contributed by atoms with van der Waals surface area (Å²) in [5.41, 5.74) is 2.42. The zero-order chi connectivity index (χ0) is 19.5. The third-order valence-electron chi connectivity index (χ3n) is 4.38. The minimum atomic E-state index is -0.251. The molecule has 6 nitrogen and oxygen atoms in total. The smallest absolute Gasteiger partial charge is 0.256 e. The summed E-state index contributed by atoms with van der Waals surface area (Å²) in [5.74, 6) is 1.48. The van der Waals surface area contributed by atoms with E-state index in [1.54, 1.807) is 50.8 Å². The van der Waals surface area contributed by atoms with E-state index >= 15 is 0 Å². The molecule has 0 saturated carbocycles. The Morgan fingerprint density at radius 3 is 2.54 bits per heavy atom. The molecule has 0 aliphatic heterocycles. The molecule has 6 heteroatoms. The van der Waals surface area contributed by atoms with Crippen LogP contribution >= 0.6 is 0 Å². The van der Waals surface area contributed by atoms with E-state index in [2.05, 4.69) is 10.3 Å². The Bertz CT molecular complexity index is 1140. The van der Waals surface area contributed by atoms with Crippen LogP contribution in [0.25, 0.3) is 22.4 Å². The number of pyridine rings is 1. The number of benzene rings is 2. The number of para-hydroxylation sites is 1. The highest BCUT2D eigenvalue weighted by Crippen LogP contribution is 2.31. The van der Waals surface area contributed by atoms with Crippen molar-refractivity contribution in [2.45, 2.75) is 0 Å². The van der Waals surface area contributed by atoms with Gasteiger partial charge in [0.1, 0.15) is 5.69 Å². The fourth-order valence-electron chi connectivity index (χ4n) is 3.03. The number of methoxy groups -OCH3 is 2. The Balaban J connectivity index is 1.75. The number of carbonyl (C=O) groups excluding carboxylic acids is 1. The number of aromatic nitrogens is 1. The number of hydrogen-bond acceptors (Lipinski definition) is 5. The summed E-state index contributed by atoms with van der Waals surface area (Å²) in [4.78, 5) is 17.7. The van der Waals surface area contributed by atoms with E-state index in [4.69, 9.17) is 13.9 Å². The molecule has 1 amide bonds. The number of anilines is 1. The van der Waals surface area contributed by atoms with Crippen molar-refractivity contribution < 1.29 is 18.7 Å². The summed E-state index contributed by atoms with van der Waals surface area (Å²) >= 11 is 0. The van der Waals surface area contributed by atoms with Crippen LogP contribution in [0.15, 0.2) is 71.3 Å². The number of rotatable bonds is 5. The number of ether oxygens (including phenoxy) is 2. The van der Waals surface area contributed by atoms with Crippen LogP contribution in [0, 0.1) is 0 Å². The van der Waals surface area contributed by atoms with Gasteiger partial charge in [-0.3, -0.25) is 4.79 Å². The molecule has 0 aliphatic rings. The topological polar surface area (TPSA) is 73.6 Å². The highest BCUT2D eigenvalue weighted by atomic mass is 16.5.